The van der Waals surface area contributed by atoms with Crippen molar-refractivity contribution in [2.24, 2.45) is 7.05 Å². The van der Waals surface area contributed by atoms with Crippen LogP contribution in [-0.2, 0) is 11.8 Å². The number of pyridine rings is 1. The molecule has 2 aromatic rings. The third kappa shape index (κ3) is 4.25. The van der Waals surface area contributed by atoms with Crippen LogP contribution in [0.25, 0.3) is 0 Å². The van der Waals surface area contributed by atoms with Crippen molar-refractivity contribution in [2.75, 3.05) is 11.1 Å². The molecule has 5 nitrogen and oxygen atoms in total. The molecule has 7 heteroatoms. The van der Waals surface area contributed by atoms with Crippen LogP contribution in [0.2, 0.25) is 5.02 Å². The summed E-state index contributed by atoms with van der Waals surface area (Å²) in [5, 5.41) is 4.16. The first-order valence-electron chi connectivity index (χ1n) is 5.66. The zero-order valence-electron chi connectivity index (χ0n) is 10.3. The van der Waals surface area contributed by atoms with Gasteiger partial charge in [0.05, 0.1) is 5.02 Å². The molecule has 0 aliphatic carbocycles. The largest absolute Gasteiger partial charge is 0.329 e. The van der Waals surface area contributed by atoms with Crippen molar-refractivity contribution >= 4 is 35.1 Å². The molecule has 0 radical (unpaired) electrons. The lowest BCUT2D eigenvalue weighted by Gasteiger charge is -2.04. The Morgan fingerprint density at radius 3 is 2.95 bits per heavy atom. The van der Waals surface area contributed by atoms with Gasteiger partial charge in [0.1, 0.15) is 5.82 Å². The summed E-state index contributed by atoms with van der Waals surface area (Å²) in [6.45, 7) is 0. The van der Waals surface area contributed by atoms with Crippen LogP contribution in [0.5, 0.6) is 0 Å². The standard InChI is InChI=1S/C12H13ClN4OS/c1-17-6-5-14-12(17)19-7-4-11(18)16-10-3-2-9(13)8-15-10/h2-3,5-6,8H,4,7H2,1H3,(H,15,16,18). The minimum atomic E-state index is -0.0727. The summed E-state index contributed by atoms with van der Waals surface area (Å²) in [5.41, 5.74) is 0. The van der Waals surface area contributed by atoms with E-state index in [1.54, 1.807) is 30.1 Å². The number of imidazole rings is 1. The summed E-state index contributed by atoms with van der Waals surface area (Å²) in [6, 6.07) is 3.36. The van der Waals surface area contributed by atoms with E-state index in [4.69, 9.17) is 11.6 Å². The number of carbonyl (C=O) groups is 1. The molecule has 1 N–H and O–H groups in total. The monoisotopic (exact) mass is 296 g/mol. The second-order valence-electron chi connectivity index (χ2n) is 3.83. The number of aromatic nitrogens is 3. The molecule has 19 heavy (non-hydrogen) atoms. The quantitative estimate of drug-likeness (QED) is 0.862. The zero-order chi connectivity index (χ0) is 13.7. The number of hydrogen-bond donors (Lipinski definition) is 1. The van der Waals surface area contributed by atoms with Crippen molar-refractivity contribution < 1.29 is 4.79 Å². The predicted octanol–water partition coefficient (Wildman–Crippen LogP) is 2.59. The molecule has 0 spiro atoms. The Balaban J connectivity index is 1.76. The highest BCUT2D eigenvalue weighted by molar-refractivity contribution is 7.99. The van der Waals surface area contributed by atoms with Crippen LogP contribution in [0.1, 0.15) is 6.42 Å². The van der Waals surface area contributed by atoms with Crippen LogP contribution in [0.15, 0.2) is 35.9 Å². The highest BCUT2D eigenvalue weighted by atomic mass is 35.5. The molecule has 0 atom stereocenters. The molecule has 0 aliphatic rings. The summed E-state index contributed by atoms with van der Waals surface area (Å²) in [7, 11) is 1.92. The Morgan fingerprint density at radius 1 is 1.47 bits per heavy atom. The summed E-state index contributed by atoms with van der Waals surface area (Å²) in [5.74, 6) is 1.11. The molecule has 0 unspecified atom stereocenters. The van der Waals surface area contributed by atoms with E-state index in [0.29, 0.717) is 23.0 Å². The lowest BCUT2D eigenvalue weighted by Crippen LogP contribution is -2.13. The van der Waals surface area contributed by atoms with Gasteiger partial charge in [0, 0.05) is 37.8 Å². The molecule has 0 saturated carbocycles. The fourth-order valence-electron chi connectivity index (χ4n) is 1.38. The first kappa shape index (κ1) is 13.9. The molecule has 0 aliphatic heterocycles. The molecular weight excluding hydrogens is 284 g/mol. The van der Waals surface area contributed by atoms with E-state index in [1.165, 1.54) is 6.20 Å². The average Bonchev–Trinajstić information content (AvgIpc) is 2.78. The van der Waals surface area contributed by atoms with Crippen molar-refractivity contribution in [1.29, 1.82) is 0 Å². The van der Waals surface area contributed by atoms with Gasteiger partial charge in [0.15, 0.2) is 5.16 Å². The SMILES string of the molecule is Cn1ccnc1SCCC(=O)Nc1ccc(Cl)cn1. The van der Waals surface area contributed by atoms with E-state index in [2.05, 4.69) is 15.3 Å². The van der Waals surface area contributed by atoms with Gasteiger partial charge < -0.3 is 9.88 Å². The molecule has 2 aromatic heterocycles. The Labute approximate surface area is 120 Å². The zero-order valence-corrected chi connectivity index (χ0v) is 11.9. The number of aryl methyl sites for hydroxylation is 1. The average molecular weight is 297 g/mol. The maximum Gasteiger partial charge on any atom is 0.226 e. The summed E-state index contributed by atoms with van der Waals surface area (Å²) in [6.07, 6.45) is 5.52. The number of rotatable bonds is 5. The van der Waals surface area contributed by atoms with Crippen LogP contribution in [0.3, 0.4) is 0 Å². The lowest BCUT2D eigenvalue weighted by atomic mass is 10.4. The van der Waals surface area contributed by atoms with Crippen LogP contribution in [-0.4, -0.2) is 26.2 Å². The molecule has 2 rings (SSSR count). The normalized spacial score (nSPS) is 10.4. The number of anilines is 1. The van der Waals surface area contributed by atoms with E-state index in [-0.39, 0.29) is 5.91 Å². The fourth-order valence-corrected chi connectivity index (χ4v) is 2.36. The Morgan fingerprint density at radius 2 is 2.32 bits per heavy atom. The van der Waals surface area contributed by atoms with E-state index in [1.807, 2.05) is 17.8 Å². The second-order valence-corrected chi connectivity index (χ2v) is 5.33. The smallest absolute Gasteiger partial charge is 0.226 e. The van der Waals surface area contributed by atoms with Gasteiger partial charge in [-0.2, -0.15) is 0 Å². The van der Waals surface area contributed by atoms with Gasteiger partial charge in [-0.3, -0.25) is 4.79 Å². The number of halogens is 1. The fraction of sp³-hybridized carbons (Fsp3) is 0.250. The molecule has 0 fully saturated rings. The number of nitrogens with zero attached hydrogens (tertiary/aromatic N) is 3. The minimum absolute atomic E-state index is 0.0727. The highest BCUT2D eigenvalue weighted by Crippen LogP contribution is 2.16. The molecule has 0 saturated heterocycles. The van der Waals surface area contributed by atoms with E-state index in [9.17, 15) is 4.79 Å². The first-order chi connectivity index (χ1) is 9.15. The molecule has 1 amide bonds. The van der Waals surface area contributed by atoms with Crippen LogP contribution < -0.4 is 5.32 Å². The van der Waals surface area contributed by atoms with Crippen molar-refractivity contribution in [3.05, 3.63) is 35.7 Å². The van der Waals surface area contributed by atoms with Gasteiger partial charge in [-0.15, -0.1) is 0 Å². The summed E-state index contributed by atoms with van der Waals surface area (Å²) >= 11 is 7.26. The van der Waals surface area contributed by atoms with Gasteiger partial charge >= 0.3 is 0 Å². The van der Waals surface area contributed by atoms with Crippen molar-refractivity contribution in [2.45, 2.75) is 11.6 Å². The molecule has 100 valence electrons. The molecular formula is C12H13ClN4OS. The van der Waals surface area contributed by atoms with Crippen LogP contribution in [0.4, 0.5) is 5.82 Å². The first-order valence-corrected chi connectivity index (χ1v) is 7.03. The maximum atomic E-state index is 11.7. The second kappa shape index (κ2) is 6.58. The van der Waals surface area contributed by atoms with Crippen molar-refractivity contribution in [3.8, 4) is 0 Å². The summed E-state index contributed by atoms with van der Waals surface area (Å²) < 4.78 is 1.92. The molecule has 2 heterocycles. The van der Waals surface area contributed by atoms with Gasteiger partial charge in [0.25, 0.3) is 0 Å². The number of hydrogen-bond acceptors (Lipinski definition) is 4. The van der Waals surface area contributed by atoms with E-state index >= 15 is 0 Å². The Bertz CT molecular complexity index is 555. The van der Waals surface area contributed by atoms with Gasteiger partial charge in [0.2, 0.25) is 5.91 Å². The van der Waals surface area contributed by atoms with Gasteiger partial charge in [-0.25, -0.2) is 9.97 Å². The minimum Gasteiger partial charge on any atom is -0.329 e. The summed E-state index contributed by atoms with van der Waals surface area (Å²) in [4.78, 5) is 19.9. The van der Waals surface area contributed by atoms with Crippen LogP contribution in [0, 0.1) is 0 Å². The Kier molecular flexibility index (Phi) is 4.81. The van der Waals surface area contributed by atoms with Crippen molar-refractivity contribution in [3.63, 3.8) is 0 Å². The third-order valence-corrected chi connectivity index (χ3v) is 3.62. The lowest BCUT2D eigenvalue weighted by molar-refractivity contribution is -0.115. The molecule has 0 bridgehead atoms. The maximum absolute atomic E-state index is 11.7. The highest BCUT2D eigenvalue weighted by Gasteiger charge is 2.05. The number of nitrogens with one attached hydrogen (secondary N) is 1. The van der Waals surface area contributed by atoms with Crippen molar-refractivity contribution in [1.82, 2.24) is 14.5 Å². The van der Waals surface area contributed by atoms with Gasteiger partial charge in [-0.1, -0.05) is 23.4 Å². The van der Waals surface area contributed by atoms with Gasteiger partial charge in [-0.05, 0) is 12.1 Å². The van der Waals surface area contributed by atoms with E-state index < -0.39 is 0 Å². The van der Waals surface area contributed by atoms with Crippen LogP contribution >= 0.6 is 23.4 Å². The number of thioether (sulfide) groups is 1. The third-order valence-electron chi connectivity index (χ3n) is 2.33. The van der Waals surface area contributed by atoms with E-state index in [0.717, 1.165) is 5.16 Å². The topological polar surface area (TPSA) is 59.8 Å². The molecule has 0 aromatic carbocycles. The number of amides is 1. The Hall–Kier alpha value is -1.53. The predicted molar refractivity (Wildman–Crippen MR) is 76.4 cm³/mol. The number of carbonyl (C=O) groups excluding carboxylic acids is 1.